The third-order valence-electron chi connectivity index (χ3n) is 5.40. The Morgan fingerprint density at radius 1 is 1.22 bits per heavy atom. The number of rotatable bonds is 4. The molecule has 1 N–H and O–H groups in total. The fraction of sp³-hybridized carbons (Fsp3) is 0.368. The Balaban J connectivity index is 1.69. The lowest BCUT2D eigenvalue weighted by Crippen LogP contribution is -2.28. The van der Waals surface area contributed by atoms with E-state index in [0.29, 0.717) is 5.65 Å². The molecule has 0 amide bonds. The lowest BCUT2D eigenvalue weighted by Gasteiger charge is -2.26. The Kier molecular flexibility index (Phi) is 4.20. The van der Waals surface area contributed by atoms with E-state index in [-0.39, 0.29) is 10.6 Å². The van der Waals surface area contributed by atoms with E-state index in [1.807, 2.05) is 19.2 Å². The number of pyridine rings is 1. The zero-order valence-electron chi connectivity index (χ0n) is 15.7. The van der Waals surface area contributed by atoms with Gasteiger partial charge in [0, 0.05) is 18.5 Å². The fourth-order valence-electron chi connectivity index (χ4n) is 3.75. The first-order valence-electron chi connectivity index (χ1n) is 8.93. The summed E-state index contributed by atoms with van der Waals surface area (Å²) < 4.78 is 27.8. The van der Waals surface area contributed by atoms with Crippen LogP contribution in [0.4, 0.5) is 5.69 Å². The molecule has 1 atom stereocenters. The maximum absolute atomic E-state index is 12.0. The molecule has 1 saturated heterocycles. The first kappa shape index (κ1) is 17.9. The van der Waals surface area contributed by atoms with Crippen LogP contribution in [-0.4, -0.2) is 43.2 Å². The molecule has 0 spiro atoms. The van der Waals surface area contributed by atoms with E-state index in [1.165, 1.54) is 12.6 Å². The van der Waals surface area contributed by atoms with Crippen molar-refractivity contribution in [1.82, 2.24) is 19.3 Å². The number of nitrogens with zero attached hydrogens (tertiary/aromatic N) is 4. The highest BCUT2D eigenvalue weighted by atomic mass is 32.2. The highest BCUT2D eigenvalue weighted by Gasteiger charge is 2.35. The number of hydrogen-bond acceptors (Lipinski definition) is 5. The van der Waals surface area contributed by atoms with Crippen molar-refractivity contribution in [2.45, 2.75) is 30.8 Å². The van der Waals surface area contributed by atoms with Gasteiger partial charge in [-0.3, -0.25) is 0 Å². The average Bonchev–Trinajstić information content (AvgIpc) is 3.28. The van der Waals surface area contributed by atoms with Crippen molar-refractivity contribution in [2.24, 2.45) is 0 Å². The molecule has 1 aromatic carbocycles. The molecule has 7 nitrogen and oxygen atoms in total. The number of anilines is 1. The molecule has 3 heterocycles. The van der Waals surface area contributed by atoms with Gasteiger partial charge in [-0.1, -0.05) is 37.3 Å². The zero-order chi connectivity index (χ0) is 19.2. The van der Waals surface area contributed by atoms with Crippen molar-refractivity contribution >= 4 is 21.4 Å². The van der Waals surface area contributed by atoms with E-state index in [4.69, 9.17) is 0 Å². The summed E-state index contributed by atoms with van der Waals surface area (Å²) in [5.74, 6) is 0. The van der Waals surface area contributed by atoms with Gasteiger partial charge < -0.3 is 4.90 Å². The van der Waals surface area contributed by atoms with Crippen molar-refractivity contribution in [3.8, 4) is 0 Å². The highest BCUT2D eigenvalue weighted by molar-refractivity contribution is 7.89. The molecular formula is C19H23N5O2S. The maximum atomic E-state index is 12.0. The number of fused-ring (bicyclic) bond motifs is 1. The Bertz CT molecular complexity index is 1090. The van der Waals surface area contributed by atoms with Crippen LogP contribution in [0.3, 0.4) is 0 Å². The minimum atomic E-state index is -3.67. The third kappa shape index (κ3) is 3.08. The number of aryl methyl sites for hydroxylation is 1. The van der Waals surface area contributed by atoms with E-state index in [1.54, 1.807) is 4.52 Å². The highest BCUT2D eigenvalue weighted by Crippen LogP contribution is 2.36. The van der Waals surface area contributed by atoms with E-state index >= 15 is 0 Å². The van der Waals surface area contributed by atoms with Crippen LogP contribution in [-0.2, 0) is 15.4 Å². The van der Waals surface area contributed by atoms with E-state index < -0.39 is 10.0 Å². The lowest BCUT2D eigenvalue weighted by atomic mass is 9.82. The van der Waals surface area contributed by atoms with Crippen molar-refractivity contribution in [2.75, 3.05) is 25.0 Å². The van der Waals surface area contributed by atoms with Crippen LogP contribution in [0.1, 0.15) is 24.5 Å². The van der Waals surface area contributed by atoms with Crippen LogP contribution in [0.25, 0.3) is 5.65 Å². The van der Waals surface area contributed by atoms with Gasteiger partial charge in [-0.05, 0) is 37.6 Å². The molecule has 1 aliphatic heterocycles. The van der Waals surface area contributed by atoms with Crippen molar-refractivity contribution in [3.05, 3.63) is 53.7 Å². The van der Waals surface area contributed by atoms with Gasteiger partial charge in [0.2, 0.25) is 0 Å². The predicted octanol–water partition coefficient (Wildman–Crippen LogP) is 2.11. The van der Waals surface area contributed by atoms with Crippen LogP contribution >= 0.6 is 0 Å². The second-order valence-corrected chi connectivity index (χ2v) is 9.13. The summed E-state index contributed by atoms with van der Waals surface area (Å²) in [6.07, 6.45) is 2.92. The van der Waals surface area contributed by atoms with Gasteiger partial charge in [-0.2, -0.15) is 4.98 Å². The van der Waals surface area contributed by atoms with Gasteiger partial charge in [0.15, 0.2) is 5.65 Å². The largest absolute Gasteiger partial charge is 0.369 e. The second kappa shape index (κ2) is 6.31. The van der Waals surface area contributed by atoms with Gasteiger partial charge >= 0.3 is 0 Å². The Hall–Kier alpha value is -2.45. The monoisotopic (exact) mass is 385 g/mol. The van der Waals surface area contributed by atoms with Crippen molar-refractivity contribution in [3.63, 3.8) is 0 Å². The lowest BCUT2D eigenvalue weighted by molar-refractivity contribution is 0.531. The third-order valence-corrected chi connectivity index (χ3v) is 6.59. The summed E-state index contributed by atoms with van der Waals surface area (Å²) in [6, 6.07) is 12.6. The van der Waals surface area contributed by atoms with E-state index in [2.05, 4.69) is 57.0 Å². The molecule has 2 aromatic heterocycles. The SMILES string of the molecule is CNS(=O)(=O)c1nc2c(C)cc(N3CC[C@](C)(c4ccccc4)C3)cn2n1. The predicted molar refractivity (Wildman–Crippen MR) is 105 cm³/mol. The fourth-order valence-corrected chi connectivity index (χ4v) is 4.33. The van der Waals surface area contributed by atoms with Gasteiger partial charge in [-0.15, -0.1) is 5.10 Å². The smallest absolute Gasteiger partial charge is 0.283 e. The van der Waals surface area contributed by atoms with Crippen molar-refractivity contribution < 1.29 is 8.42 Å². The Morgan fingerprint density at radius 2 is 1.96 bits per heavy atom. The minimum absolute atomic E-state index is 0.0904. The van der Waals surface area contributed by atoms with Gasteiger partial charge in [0.1, 0.15) is 0 Å². The molecule has 3 aromatic rings. The summed E-state index contributed by atoms with van der Waals surface area (Å²) in [7, 11) is -2.31. The minimum Gasteiger partial charge on any atom is -0.369 e. The van der Waals surface area contributed by atoms with Crippen LogP contribution in [0.2, 0.25) is 0 Å². The van der Waals surface area contributed by atoms with Crippen LogP contribution in [0.5, 0.6) is 0 Å². The number of hydrogen-bond donors (Lipinski definition) is 1. The van der Waals surface area contributed by atoms with Gasteiger partial charge in [0.05, 0.1) is 11.9 Å². The first-order chi connectivity index (χ1) is 12.8. The molecule has 1 fully saturated rings. The number of sulfonamides is 1. The molecule has 0 unspecified atom stereocenters. The molecule has 0 bridgehead atoms. The molecule has 142 valence electrons. The first-order valence-corrected chi connectivity index (χ1v) is 10.4. The Labute approximate surface area is 159 Å². The van der Waals surface area contributed by atoms with Gasteiger partial charge in [-0.25, -0.2) is 17.7 Å². The quantitative estimate of drug-likeness (QED) is 0.744. The molecule has 0 radical (unpaired) electrons. The van der Waals surface area contributed by atoms with E-state index in [0.717, 1.165) is 30.8 Å². The Morgan fingerprint density at radius 3 is 2.67 bits per heavy atom. The van der Waals surface area contributed by atoms with Gasteiger partial charge in [0.25, 0.3) is 15.2 Å². The summed E-state index contributed by atoms with van der Waals surface area (Å²) in [4.78, 5) is 6.51. The zero-order valence-corrected chi connectivity index (χ0v) is 16.5. The van der Waals surface area contributed by atoms with E-state index in [9.17, 15) is 8.42 Å². The molecule has 8 heteroatoms. The summed E-state index contributed by atoms with van der Waals surface area (Å²) in [5, 5.41) is 3.96. The second-order valence-electron chi connectivity index (χ2n) is 7.35. The van der Waals surface area contributed by atoms with Crippen LogP contribution < -0.4 is 9.62 Å². The summed E-state index contributed by atoms with van der Waals surface area (Å²) >= 11 is 0. The summed E-state index contributed by atoms with van der Waals surface area (Å²) in [5.41, 5.74) is 3.91. The topological polar surface area (TPSA) is 79.6 Å². The molecule has 27 heavy (non-hydrogen) atoms. The average molecular weight is 385 g/mol. The summed E-state index contributed by atoms with van der Waals surface area (Å²) in [6.45, 7) is 6.06. The molecular weight excluding hydrogens is 362 g/mol. The molecule has 4 rings (SSSR count). The number of aromatic nitrogens is 3. The number of benzene rings is 1. The van der Waals surface area contributed by atoms with Crippen LogP contribution in [0, 0.1) is 6.92 Å². The molecule has 1 aliphatic rings. The maximum Gasteiger partial charge on any atom is 0.283 e. The molecule has 0 aliphatic carbocycles. The standard InChI is InChI=1S/C19H23N5O2S/c1-14-11-16(12-24-17(14)21-18(22-24)27(25,26)20-3)23-10-9-19(2,13-23)15-7-5-4-6-8-15/h4-8,11-12,20H,9-10,13H2,1-3H3/t19-/m0/s1. The van der Waals surface area contributed by atoms with Crippen molar-refractivity contribution in [1.29, 1.82) is 0 Å². The molecule has 0 saturated carbocycles. The number of nitrogens with one attached hydrogen (secondary N) is 1. The normalized spacial score (nSPS) is 20.5. The van der Waals surface area contributed by atoms with Crippen LogP contribution in [0.15, 0.2) is 47.8 Å².